The molecule has 2 N–H and O–H groups in total. The fourth-order valence-electron chi connectivity index (χ4n) is 0.469. The standard InChI is InChI=1S/C5H11NO.ClH/c6-3-4-7-5-1-2-5;/h5H,1-4,6H2;1H. The molecule has 0 bridgehead atoms. The lowest BCUT2D eigenvalue weighted by atomic mass is 10.7. The Bertz CT molecular complexity index is 56.4. The van der Waals surface area contributed by atoms with Gasteiger partial charge in [0, 0.05) is 6.54 Å². The van der Waals surface area contributed by atoms with Crippen LogP contribution < -0.4 is 5.73 Å². The Labute approximate surface area is 55.8 Å². The highest BCUT2D eigenvalue weighted by Crippen LogP contribution is 2.22. The van der Waals surface area contributed by atoms with Crippen LogP contribution in [0.15, 0.2) is 0 Å². The second-order valence-corrected chi connectivity index (χ2v) is 1.86. The van der Waals surface area contributed by atoms with Gasteiger partial charge in [0.15, 0.2) is 0 Å². The SMILES string of the molecule is Cl.NCCOC1CC1. The molecule has 0 radical (unpaired) electrons. The van der Waals surface area contributed by atoms with Gasteiger partial charge in [-0.05, 0) is 12.8 Å². The molecule has 0 aromatic heterocycles. The summed E-state index contributed by atoms with van der Waals surface area (Å²) < 4.78 is 5.18. The molecule has 1 saturated carbocycles. The molecule has 0 saturated heterocycles. The van der Waals surface area contributed by atoms with Crippen LogP contribution in [0.1, 0.15) is 12.8 Å². The van der Waals surface area contributed by atoms with Gasteiger partial charge in [0.1, 0.15) is 0 Å². The van der Waals surface area contributed by atoms with E-state index in [2.05, 4.69) is 0 Å². The molecule has 0 spiro atoms. The third-order valence-electron chi connectivity index (χ3n) is 0.996. The number of rotatable bonds is 3. The molecule has 0 aliphatic heterocycles. The van der Waals surface area contributed by atoms with Crippen molar-refractivity contribution in [1.29, 1.82) is 0 Å². The molecule has 1 rings (SSSR count). The van der Waals surface area contributed by atoms with E-state index in [1.807, 2.05) is 0 Å². The summed E-state index contributed by atoms with van der Waals surface area (Å²) in [6.07, 6.45) is 3.07. The molecule has 1 fully saturated rings. The van der Waals surface area contributed by atoms with E-state index in [0.717, 1.165) is 6.61 Å². The summed E-state index contributed by atoms with van der Waals surface area (Å²) in [6, 6.07) is 0. The van der Waals surface area contributed by atoms with Gasteiger partial charge in [0.25, 0.3) is 0 Å². The average molecular weight is 138 g/mol. The van der Waals surface area contributed by atoms with Gasteiger partial charge >= 0.3 is 0 Å². The Hall–Kier alpha value is 0.210. The Kier molecular flexibility index (Phi) is 4.23. The van der Waals surface area contributed by atoms with Crippen molar-refractivity contribution in [2.24, 2.45) is 5.73 Å². The minimum Gasteiger partial charge on any atom is -0.377 e. The highest BCUT2D eigenvalue weighted by molar-refractivity contribution is 5.85. The van der Waals surface area contributed by atoms with Crippen molar-refractivity contribution in [3.63, 3.8) is 0 Å². The largest absolute Gasteiger partial charge is 0.377 e. The minimum absolute atomic E-state index is 0. The van der Waals surface area contributed by atoms with E-state index in [-0.39, 0.29) is 12.4 Å². The molecule has 0 atom stereocenters. The van der Waals surface area contributed by atoms with E-state index >= 15 is 0 Å². The highest BCUT2D eigenvalue weighted by Gasteiger charge is 2.20. The van der Waals surface area contributed by atoms with Crippen LogP contribution in [0.5, 0.6) is 0 Å². The predicted molar refractivity (Wildman–Crippen MR) is 35.3 cm³/mol. The Morgan fingerprint density at radius 1 is 1.50 bits per heavy atom. The first-order valence-corrected chi connectivity index (χ1v) is 2.75. The molecule has 0 unspecified atom stereocenters. The molecule has 0 aromatic carbocycles. The van der Waals surface area contributed by atoms with Gasteiger partial charge in [0.2, 0.25) is 0 Å². The van der Waals surface area contributed by atoms with Crippen LogP contribution in [0.3, 0.4) is 0 Å². The number of ether oxygens (including phenoxy) is 1. The quantitative estimate of drug-likeness (QED) is 0.617. The molecular formula is C5H12ClNO. The van der Waals surface area contributed by atoms with E-state index in [9.17, 15) is 0 Å². The van der Waals surface area contributed by atoms with Crippen molar-refractivity contribution >= 4 is 12.4 Å². The minimum atomic E-state index is 0. The van der Waals surface area contributed by atoms with Crippen molar-refractivity contribution in [3.8, 4) is 0 Å². The molecule has 50 valence electrons. The third kappa shape index (κ3) is 3.24. The van der Waals surface area contributed by atoms with Crippen LogP contribution in [0.4, 0.5) is 0 Å². The maximum absolute atomic E-state index is 5.18. The van der Waals surface area contributed by atoms with Gasteiger partial charge in [-0.3, -0.25) is 0 Å². The lowest BCUT2D eigenvalue weighted by molar-refractivity contribution is 0.127. The van der Waals surface area contributed by atoms with E-state index < -0.39 is 0 Å². The number of nitrogens with two attached hydrogens (primary N) is 1. The number of hydrogen-bond donors (Lipinski definition) is 1. The van der Waals surface area contributed by atoms with Crippen molar-refractivity contribution < 1.29 is 4.74 Å². The highest BCUT2D eigenvalue weighted by atomic mass is 35.5. The fraction of sp³-hybridized carbons (Fsp3) is 1.00. The smallest absolute Gasteiger partial charge is 0.0592 e. The second-order valence-electron chi connectivity index (χ2n) is 1.86. The molecule has 3 heteroatoms. The Balaban J connectivity index is 0.000000490. The van der Waals surface area contributed by atoms with Crippen molar-refractivity contribution in [1.82, 2.24) is 0 Å². The predicted octanol–water partition coefficient (Wildman–Crippen LogP) is 0.546. The first-order chi connectivity index (χ1) is 3.43. The van der Waals surface area contributed by atoms with Crippen molar-refractivity contribution in [2.45, 2.75) is 18.9 Å². The third-order valence-corrected chi connectivity index (χ3v) is 0.996. The van der Waals surface area contributed by atoms with Gasteiger partial charge in [-0.15, -0.1) is 12.4 Å². The molecule has 0 heterocycles. The maximum atomic E-state index is 5.18. The van der Waals surface area contributed by atoms with Gasteiger partial charge in [-0.1, -0.05) is 0 Å². The maximum Gasteiger partial charge on any atom is 0.0592 e. The number of halogens is 1. The van der Waals surface area contributed by atoms with E-state index in [1.165, 1.54) is 12.8 Å². The molecule has 1 aliphatic rings. The zero-order valence-electron chi connectivity index (χ0n) is 4.80. The van der Waals surface area contributed by atoms with Crippen molar-refractivity contribution in [2.75, 3.05) is 13.2 Å². The average Bonchev–Trinajstić information content (AvgIpc) is 2.42. The van der Waals surface area contributed by atoms with Crippen LogP contribution in [-0.4, -0.2) is 19.3 Å². The van der Waals surface area contributed by atoms with Gasteiger partial charge in [-0.25, -0.2) is 0 Å². The monoisotopic (exact) mass is 137 g/mol. The van der Waals surface area contributed by atoms with E-state index in [4.69, 9.17) is 10.5 Å². The summed E-state index contributed by atoms with van der Waals surface area (Å²) in [7, 11) is 0. The molecule has 0 amide bonds. The molecular weight excluding hydrogens is 126 g/mol. The summed E-state index contributed by atoms with van der Waals surface area (Å²) in [6.45, 7) is 1.40. The van der Waals surface area contributed by atoms with Crippen LogP contribution in [0.2, 0.25) is 0 Å². The summed E-state index contributed by atoms with van der Waals surface area (Å²) in [5, 5.41) is 0. The molecule has 1 aliphatic carbocycles. The summed E-state index contributed by atoms with van der Waals surface area (Å²) >= 11 is 0. The zero-order chi connectivity index (χ0) is 5.11. The first-order valence-electron chi connectivity index (χ1n) is 2.75. The number of hydrogen-bond acceptors (Lipinski definition) is 2. The summed E-state index contributed by atoms with van der Waals surface area (Å²) in [4.78, 5) is 0. The normalized spacial score (nSPS) is 17.6. The molecule has 8 heavy (non-hydrogen) atoms. The Morgan fingerprint density at radius 3 is 2.50 bits per heavy atom. The zero-order valence-corrected chi connectivity index (χ0v) is 5.62. The van der Waals surface area contributed by atoms with Crippen LogP contribution in [-0.2, 0) is 4.74 Å². The van der Waals surface area contributed by atoms with E-state index in [0.29, 0.717) is 12.6 Å². The van der Waals surface area contributed by atoms with E-state index in [1.54, 1.807) is 0 Å². The molecule has 0 aromatic rings. The first kappa shape index (κ1) is 8.21. The summed E-state index contributed by atoms with van der Waals surface area (Å²) in [5.41, 5.74) is 5.18. The molecule has 2 nitrogen and oxygen atoms in total. The van der Waals surface area contributed by atoms with Gasteiger partial charge < -0.3 is 10.5 Å². The Morgan fingerprint density at radius 2 is 2.12 bits per heavy atom. The van der Waals surface area contributed by atoms with Gasteiger partial charge in [0.05, 0.1) is 12.7 Å². The topological polar surface area (TPSA) is 35.2 Å². The van der Waals surface area contributed by atoms with Crippen LogP contribution >= 0.6 is 12.4 Å². The fourth-order valence-corrected chi connectivity index (χ4v) is 0.469. The van der Waals surface area contributed by atoms with Crippen LogP contribution in [0.25, 0.3) is 0 Å². The van der Waals surface area contributed by atoms with Crippen LogP contribution in [0, 0.1) is 0 Å². The second kappa shape index (κ2) is 4.13. The summed E-state index contributed by atoms with van der Waals surface area (Å²) in [5.74, 6) is 0. The lowest BCUT2D eigenvalue weighted by Gasteiger charge is -1.94. The van der Waals surface area contributed by atoms with Gasteiger partial charge in [-0.2, -0.15) is 0 Å². The lowest BCUT2D eigenvalue weighted by Crippen LogP contribution is -2.08. The van der Waals surface area contributed by atoms with Crippen molar-refractivity contribution in [3.05, 3.63) is 0 Å².